The minimum Gasteiger partial charge on any atom is -0.355 e. The quantitative estimate of drug-likeness (QED) is 0.862. The van der Waals surface area contributed by atoms with Crippen LogP contribution in [0.2, 0.25) is 0 Å². The van der Waals surface area contributed by atoms with Gasteiger partial charge >= 0.3 is 0 Å². The van der Waals surface area contributed by atoms with Crippen molar-refractivity contribution < 1.29 is 13.6 Å². The Labute approximate surface area is 135 Å². The van der Waals surface area contributed by atoms with E-state index in [0.29, 0.717) is 26.2 Å². The van der Waals surface area contributed by atoms with E-state index < -0.39 is 11.6 Å². The van der Waals surface area contributed by atoms with Gasteiger partial charge in [0.15, 0.2) is 11.6 Å². The highest BCUT2D eigenvalue weighted by Crippen LogP contribution is 2.19. The van der Waals surface area contributed by atoms with E-state index in [1.165, 1.54) is 6.07 Å². The lowest BCUT2D eigenvalue weighted by Gasteiger charge is -2.32. The number of amides is 1. The maximum atomic E-state index is 13.2. The molecular weight excluding hydrogens is 312 g/mol. The van der Waals surface area contributed by atoms with Gasteiger partial charge in [0.05, 0.1) is 5.92 Å². The zero-order valence-corrected chi connectivity index (χ0v) is 13.2. The zero-order chi connectivity index (χ0) is 15.2. The van der Waals surface area contributed by atoms with Crippen LogP contribution in [0.3, 0.4) is 0 Å². The fraction of sp³-hybridized carbons (Fsp3) is 0.533. The Morgan fingerprint density at radius 3 is 2.82 bits per heavy atom. The maximum Gasteiger partial charge on any atom is 0.224 e. The fourth-order valence-corrected chi connectivity index (χ4v) is 2.65. The van der Waals surface area contributed by atoms with Crippen LogP contribution in [-0.2, 0) is 11.3 Å². The number of carbonyl (C=O) groups is 1. The molecule has 4 nitrogen and oxygen atoms in total. The molecule has 7 heteroatoms. The molecule has 0 saturated carbocycles. The van der Waals surface area contributed by atoms with Gasteiger partial charge in [-0.2, -0.15) is 0 Å². The van der Waals surface area contributed by atoms with E-state index in [1.807, 2.05) is 0 Å². The van der Waals surface area contributed by atoms with Crippen LogP contribution in [0.1, 0.15) is 18.4 Å². The molecule has 1 unspecified atom stereocenters. The first-order chi connectivity index (χ1) is 10.1. The van der Waals surface area contributed by atoms with Crippen LogP contribution >= 0.6 is 12.4 Å². The highest BCUT2D eigenvalue weighted by atomic mass is 35.5. The van der Waals surface area contributed by atoms with Crippen molar-refractivity contribution in [3.63, 3.8) is 0 Å². The lowest BCUT2D eigenvalue weighted by atomic mass is 9.96. The molecule has 1 fully saturated rings. The van der Waals surface area contributed by atoms with Crippen LogP contribution in [0, 0.1) is 17.6 Å². The molecule has 0 aliphatic carbocycles. The zero-order valence-electron chi connectivity index (χ0n) is 12.4. The number of nitrogens with zero attached hydrogens (tertiary/aromatic N) is 1. The predicted octanol–water partition coefficient (Wildman–Crippen LogP) is 1.67. The average Bonchev–Trinajstić information content (AvgIpc) is 2.49. The summed E-state index contributed by atoms with van der Waals surface area (Å²) in [6.45, 7) is 2.93. The topological polar surface area (TPSA) is 58.4 Å². The molecule has 1 aliphatic rings. The summed E-state index contributed by atoms with van der Waals surface area (Å²) in [4.78, 5) is 14.1. The van der Waals surface area contributed by atoms with E-state index in [2.05, 4.69) is 10.2 Å². The van der Waals surface area contributed by atoms with Gasteiger partial charge < -0.3 is 11.1 Å². The number of hydrogen-bond donors (Lipinski definition) is 2. The number of halogens is 3. The summed E-state index contributed by atoms with van der Waals surface area (Å²) in [6.07, 6.45) is 1.77. The molecule has 2 rings (SSSR count). The predicted molar refractivity (Wildman–Crippen MR) is 83.7 cm³/mol. The summed E-state index contributed by atoms with van der Waals surface area (Å²) in [5.41, 5.74) is 6.09. The maximum absolute atomic E-state index is 13.2. The van der Waals surface area contributed by atoms with Gasteiger partial charge in [-0.15, -0.1) is 12.4 Å². The van der Waals surface area contributed by atoms with Gasteiger partial charge in [-0.3, -0.25) is 9.69 Å². The minimum atomic E-state index is -0.837. The third-order valence-electron chi connectivity index (χ3n) is 3.71. The molecule has 1 amide bonds. The molecule has 0 bridgehead atoms. The van der Waals surface area contributed by atoms with E-state index >= 15 is 0 Å². The summed E-state index contributed by atoms with van der Waals surface area (Å²) < 4.78 is 26.1. The number of nitrogens with two attached hydrogens (primary N) is 1. The van der Waals surface area contributed by atoms with E-state index in [-0.39, 0.29) is 24.2 Å². The van der Waals surface area contributed by atoms with Crippen LogP contribution in [0.4, 0.5) is 8.78 Å². The van der Waals surface area contributed by atoms with Crippen molar-refractivity contribution in [2.45, 2.75) is 19.4 Å². The van der Waals surface area contributed by atoms with Crippen LogP contribution in [0.5, 0.6) is 0 Å². The molecule has 124 valence electrons. The Bertz CT molecular complexity index is 502. The molecule has 0 spiro atoms. The molecule has 1 heterocycles. The first-order valence-corrected chi connectivity index (χ1v) is 7.24. The van der Waals surface area contributed by atoms with Gasteiger partial charge in [-0.05, 0) is 37.1 Å². The lowest BCUT2D eigenvalue weighted by Crippen LogP contribution is -2.43. The molecule has 1 aromatic carbocycles. The molecule has 1 aromatic rings. The van der Waals surface area contributed by atoms with Crippen molar-refractivity contribution in [1.82, 2.24) is 10.2 Å². The second-order valence-corrected chi connectivity index (χ2v) is 5.40. The highest BCUT2D eigenvalue weighted by molar-refractivity contribution is 5.85. The van der Waals surface area contributed by atoms with Gasteiger partial charge in [-0.25, -0.2) is 8.78 Å². The summed E-state index contributed by atoms with van der Waals surface area (Å²) >= 11 is 0. The third kappa shape index (κ3) is 5.19. The molecule has 1 saturated heterocycles. The van der Waals surface area contributed by atoms with Gasteiger partial charge in [0, 0.05) is 26.2 Å². The van der Waals surface area contributed by atoms with Crippen molar-refractivity contribution in [1.29, 1.82) is 0 Å². The van der Waals surface area contributed by atoms with E-state index in [9.17, 15) is 13.6 Å². The van der Waals surface area contributed by atoms with Gasteiger partial charge in [-0.1, -0.05) is 6.07 Å². The Hall–Kier alpha value is -1.24. The van der Waals surface area contributed by atoms with Crippen molar-refractivity contribution in [2.24, 2.45) is 11.7 Å². The van der Waals surface area contributed by atoms with Crippen molar-refractivity contribution in [2.75, 3.05) is 26.2 Å². The molecule has 1 aliphatic heterocycles. The van der Waals surface area contributed by atoms with Crippen LogP contribution in [0.15, 0.2) is 18.2 Å². The van der Waals surface area contributed by atoms with Crippen LogP contribution in [0.25, 0.3) is 0 Å². The number of hydrogen-bond acceptors (Lipinski definition) is 3. The molecule has 3 N–H and O–H groups in total. The number of likely N-dealkylation sites (tertiary alicyclic amines) is 1. The monoisotopic (exact) mass is 333 g/mol. The molecule has 0 radical (unpaired) electrons. The van der Waals surface area contributed by atoms with E-state index in [0.717, 1.165) is 31.0 Å². The summed E-state index contributed by atoms with van der Waals surface area (Å²) in [6, 6.07) is 3.93. The summed E-state index contributed by atoms with van der Waals surface area (Å²) in [5.74, 6) is -1.70. The Morgan fingerprint density at radius 2 is 2.14 bits per heavy atom. The molecule has 0 aromatic heterocycles. The van der Waals surface area contributed by atoms with Gasteiger partial charge in [0.1, 0.15) is 0 Å². The second kappa shape index (κ2) is 9.02. The number of rotatable bonds is 5. The Kier molecular flexibility index (Phi) is 7.72. The second-order valence-electron chi connectivity index (χ2n) is 5.40. The molecule has 1 atom stereocenters. The summed E-state index contributed by atoms with van der Waals surface area (Å²) in [7, 11) is 0. The first kappa shape index (κ1) is 18.8. The summed E-state index contributed by atoms with van der Waals surface area (Å²) in [5, 5.41) is 2.80. The highest BCUT2D eigenvalue weighted by Gasteiger charge is 2.25. The average molecular weight is 334 g/mol. The largest absolute Gasteiger partial charge is 0.355 e. The molecule has 22 heavy (non-hydrogen) atoms. The van der Waals surface area contributed by atoms with Crippen LogP contribution in [-0.4, -0.2) is 37.0 Å². The van der Waals surface area contributed by atoms with Crippen LogP contribution < -0.4 is 11.1 Å². The third-order valence-corrected chi connectivity index (χ3v) is 3.71. The lowest BCUT2D eigenvalue weighted by molar-refractivity contribution is -0.126. The number of benzene rings is 1. The normalized spacial score (nSPS) is 18.6. The SMILES string of the molecule is Cl.NCCNC(=O)C1CCCN(Cc2ccc(F)c(F)c2)C1. The Balaban J connectivity index is 0.00000242. The molecular formula is C15H22ClF2N3O. The standard InChI is InChI=1S/C15H21F2N3O.ClH/c16-13-4-3-11(8-14(13)17)9-20-7-1-2-12(10-20)15(21)19-6-5-18;/h3-4,8,12H,1-2,5-7,9-10,18H2,(H,19,21);1H. The smallest absolute Gasteiger partial charge is 0.224 e. The van der Waals surface area contributed by atoms with E-state index in [1.54, 1.807) is 6.07 Å². The van der Waals surface area contributed by atoms with Gasteiger partial charge in [0.25, 0.3) is 0 Å². The number of piperidine rings is 1. The number of nitrogens with one attached hydrogen (secondary N) is 1. The fourth-order valence-electron chi connectivity index (χ4n) is 2.65. The van der Waals surface area contributed by atoms with Crippen molar-refractivity contribution in [3.05, 3.63) is 35.4 Å². The van der Waals surface area contributed by atoms with Crippen molar-refractivity contribution in [3.8, 4) is 0 Å². The van der Waals surface area contributed by atoms with E-state index in [4.69, 9.17) is 5.73 Å². The minimum absolute atomic E-state index is 0. The first-order valence-electron chi connectivity index (χ1n) is 7.24. The van der Waals surface area contributed by atoms with Crippen molar-refractivity contribution >= 4 is 18.3 Å². The Morgan fingerprint density at radius 1 is 1.36 bits per heavy atom. The number of carbonyl (C=O) groups excluding carboxylic acids is 1. The van der Waals surface area contributed by atoms with Gasteiger partial charge in [0.2, 0.25) is 5.91 Å².